The first-order chi connectivity index (χ1) is 11.7. The van der Waals surface area contributed by atoms with Crippen molar-refractivity contribution >= 4 is 0 Å². The summed E-state index contributed by atoms with van der Waals surface area (Å²) in [6, 6.07) is 14.1. The number of para-hydroxylation sites is 1. The van der Waals surface area contributed by atoms with Crippen molar-refractivity contribution in [1.29, 1.82) is 0 Å². The van der Waals surface area contributed by atoms with Crippen LogP contribution in [-0.4, -0.2) is 34.7 Å². The summed E-state index contributed by atoms with van der Waals surface area (Å²) >= 11 is 0. The zero-order valence-corrected chi connectivity index (χ0v) is 14.3. The van der Waals surface area contributed by atoms with Gasteiger partial charge in [-0.15, -0.1) is 0 Å². The van der Waals surface area contributed by atoms with Crippen LogP contribution in [0.1, 0.15) is 31.0 Å². The molecule has 24 heavy (non-hydrogen) atoms. The van der Waals surface area contributed by atoms with Crippen LogP contribution in [-0.2, 0) is 13.2 Å². The third-order valence-corrected chi connectivity index (χ3v) is 4.71. The Bertz CT molecular complexity index is 647. The molecule has 3 rings (SSSR count). The van der Waals surface area contributed by atoms with Crippen molar-refractivity contribution < 1.29 is 9.84 Å². The molecule has 1 N–H and O–H groups in total. The lowest BCUT2D eigenvalue weighted by molar-refractivity contribution is 0.0425. The molecule has 1 aromatic heterocycles. The lowest BCUT2D eigenvalue weighted by Crippen LogP contribution is -2.43. The first-order valence-electron chi connectivity index (χ1n) is 8.62. The number of aliphatic hydroxyl groups excluding tert-OH is 1. The second-order valence-electron chi connectivity index (χ2n) is 7.00. The molecule has 1 saturated heterocycles. The minimum Gasteiger partial charge on any atom is -0.487 e. The zero-order valence-electron chi connectivity index (χ0n) is 14.3. The molecular formula is C20H26N2O2. The van der Waals surface area contributed by atoms with Crippen LogP contribution in [0.15, 0.2) is 48.7 Å². The van der Waals surface area contributed by atoms with Crippen molar-refractivity contribution in [1.82, 2.24) is 9.88 Å². The summed E-state index contributed by atoms with van der Waals surface area (Å²) in [4.78, 5) is 6.73. The van der Waals surface area contributed by atoms with Gasteiger partial charge in [-0.1, -0.05) is 31.2 Å². The summed E-state index contributed by atoms with van der Waals surface area (Å²) in [5.41, 5.74) is 2.14. The molecule has 1 aromatic carbocycles. The molecule has 0 saturated carbocycles. The van der Waals surface area contributed by atoms with E-state index in [-0.39, 0.29) is 12.0 Å². The summed E-state index contributed by atoms with van der Waals surface area (Å²) in [6.07, 6.45) is 4.01. The Hall–Kier alpha value is -1.91. The van der Waals surface area contributed by atoms with Gasteiger partial charge in [-0.3, -0.25) is 9.88 Å². The van der Waals surface area contributed by atoms with E-state index in [1.54, 1.807) is 6.20 Å². The van der Waals surface area contributed by atoms with E-state index in [9.17, 15) is 5.11 Å². The lowest BCUT2D eigenvalue weighted by Gasteiger charge is -2.39. The van der Waals surface area contributed by atoms with Crippen LogP contribution in [0.4, 0.5) is 0 Å². The third-order valence-electron chi connectivity index (χ3n) is 4.71. The third kappa shape index (κ3) is 4.34. The number of aliphatic hydroxyl groups is 1. The Morgan fingerprint density at radius 1 is 1.21 bits per heavy atom. The maximum absolute atomic E-state index is 9.64. The van der Waals surface area contributed by atoms with Crippen LogP contribution in [0.3, 0.4) is 0 Å². The molecule has 1 aliphatic heterocycles. The molecule has 128 valence electrons. The largest absolute Gasteiger partial charge is 0.487 e. The fourth-order valence-corrected chi connectivity index (χ4v) is 3.34. The van der Waals surface area contributed by atoms with Gasteiger partial charge in [0.1, 0.15) is 12.4 Å². The average molecular weight is 326 g/mol. The highest BCUT2D eigenvalue weighted by molar-refractivity contribution is 5.33. The second kappa shape index (κ2) is 7.77. The highest BCUT2D eigenvalue weighted by Crippen LogP contribution is 2.31. The van der Waals surface area contributed by atoms with E-state index in [0.29, 0.717) is 6.61 Å². The SMILES string of the molecule is CC1(CO)CCCN(Cc2ccccc2OCc2ccccn2)C1. The highest BCUT2D eigenvalue weighted by atomic mass is 16.5. The fourth-order valence-electron chi connectivity index (χ4n) is 3.34. The van der Waals surface area contributed by atoms with Gasteiger partial charge in [0, 0.05) is 36.9 Å². The van der Waals surface area contributed by atoms with Crippen LogP contribution in [0.5, 0.6) is 5.75 Å². The Morgan fingerprint density at radius 2 is 2.04 bits per heavy atom. The van der Waals surface area contributed by atoms with E-state index >= 15 is 0 Å². The van der Waals surface area contributed by atoms with Crippen molar-refractivity contribution in [2.24, 2.45) is 5.41 Å². The van der Waals surface area contributed by atoms with Crippen LogP contribution >= 0.6 is 0 Å². The molecular weight excluding hydrogens is 300 g/mol. The minimum absolute atomic E-state index is 0.0159. The Morgan fingerprint density at radius 3 is 2.83 bits per heavy atom. The van der Waals surface area contributed by atoms with Gasteiger partial charge in [0.05, 0.1) is 5.69 Å². The smallest absolute Gasteiger partial charge is 0.130 e. The maximum Gasteiger partial charge on any atom is 0.130 e. The summed E-state index contributed by atoms with van der Waals surface area (Å²) < 4.78 is 6.00. The van der Waals surface area contributed by atoms with Gasteiger partial charge in [0.2, 0.25) is 0 Å². The topological polar surface area (TPSA) is 45.6 Å². The summed E-state index contributed by atoms with van der Waals surface area (Å²) in [6.45, 7) is 5.76. The number of hydrogen-bond donors (Lipinski definition) is 1. The van der Waals surface area contributed by atoms with Gasteiger partial charge in [0.15, 0.2) is 0 Å². The number of likely N-dealkylation sites (tertiary alicyclic amines) is 1. The second-order valence-corrected chi connectivity index (χ2v) is 7.00. The van der Waals surface area contributed by atoms with Crippen molar-refractivity contribution in [2.75, 3.05) is 19.7 Å². The number of hydrogen-bond acceptors (Lipinski definition) is 4. The number of nitrogens with zero attached hydrogens (tertiary/aromatic N) is 2. The van der Waals surface area contributed by atoms with Crippen LogP contribution < -0.4 is 4.74 Å². The number of ether oxygens (including phenoxy) is 1. The number of rotatable bonds is 6. The van der Waals surface area contributed by atoms with E-state index in [4.69, 9.17) is 4.74 Å². The van der Waals surface area contributed by atoms with E-state index in [1.807, 2.05) is 30.3 Å². The van der Waals surface area contributed by atoms with E-state index in [1.165, 1.54) is 5.56 Å². The first-order valence-corrected chi connectivity index (χ1v) is 8.62. The fraction of sp³-hybridized carbons (Fsp3) is 0.450. The predicted molar refractivity (Wildman–Crippen MR) is 94.7 cm³/mol. The van der Waals surface area contributed by atoms with Crippen LogP contribution in [0.2, 0.25) is 0 Å². The molecule has 4 heteroatoms. The molecule has 4 nitrogen and oxygen atoms in total. The van der Waals surface area contributed by atoms with Crippen molar-refractivity contribution in [3.8, 4) is 5.75 Å². The van der Waals surface area contributed by atoms with Crippen molar-refractivity contribution in [2.45, 2.75) is 32.9 Å². The Balaban J connectivity index is 1.65. The molecule has 0 spiro atoms. The first kappa shape index (κ1) is 16.9. The summed E-state index contributed by atoms with van der Waals surface area (Å²) in [7, 11) is 0. The standard InChI is InChI=1S/C20H26N2O2/c1-20(16-23)10-6-12-22(15-20)13-17-7-2-3-9-19(17)24-14-18-8-4-5-11-21-18/h2-5,7-9,11,23H,6,10,12-16H2,1H3. The number of pyridine rings is 1. The molecule has 1 atom stereocenters. The predicted octanol–water partition coefficient (Wildman–Crippen LogP) is 3.26. The van der Waals surface area contributed by atoms with E-state index in [2.05, 4.69) is 28.9 Å². The minimum atomic E-state index is 0.0159. The summed E-state index contributed by atoms with van der Waals surface area (Å²) in [5.74, 6) is 0.916. The molecule has 1 aliphatic rings. The molecule has 0 bridgehead atoms. The number of benzene rings is 1. The molecule has 1 fully saturated rings. The Labute approximate surface area is 144 Å². The average Bonchev–Trinajstić information content (AvgIpc) is 2.62. The van der Waals surface area contributed by atoms with Crippen molar-refractivity contribution in [3.05, 3.63) is 59.9 Å². The quantitative estimate of drug-likeness (QED) is 0.885. The molecule has 0 amide bonds. The lowest BCUT2D eigenvalue weighted by atomic mass is 9.82. The van der Waals surface area contributed by atoms with Gasteiger partial charge in [-0.25, -0.2) is 0 Å². The molecule has 1 unspecified atom stereocenters. The molecule has 2 aromatic rings. The van der Waals surface area contributed by atoms with Gasteiger partial charge < -0.3 is 9.84 Å². The summed E-state index contributed by atoms with van der Waals surface area (Å²) in [5, 5.41) is 9.64. The van der Waals surface area contributed by atoms with Gasteiger partial charge in [0.25, 0.3) is 0 Å². The zero-order chi connectivity index (χ0) is 16.8. The van der Waals surface area contributed by atoms with Crippen LogP contribution in [0.25, 0.3) is 0 Å². The highest BCUT2D eigenvalue weighted by Gasteiger charge is 2.30. The normalized spacial score (nSPS) is 21.6. The monoisotopic (exact) mass is 326 g/mol. The van der Waals surface area contributed by atoms with Gasteiger partial charge >= 0.3 is 0 Å². The van der Waals surface area contributed by atoms with E-state index < -0.39 is 0 Å². The van der Waals surface area contributed by atoms with Gasteiger partial charge in [-0.2, -0.15) is 0 Å². The van der Waals surface area contributed by atoms with Crippen molar-refractivity contribution in [3.63, 3.8) is 0 Å². The molecule has 0 radical (unpaired) electrons. The molecule has 2 heterocycles. The Kier molecular flexibility index (Phi) is 5.48. The maximum atomic E-state index is 9.64. The van der Waals surface area contributed by atoms with E-state index in [0.717, 1.165) is 43.9 Å². The van der Waals surface area contributed by atoms with Crippen LogP contribution in [0, 0.1) is 5.41 Å². The number of aromatic nitrogens is 1. The number of piperidine rings is 1. The molecule has 0 aliphatic carbocycles. The van der Waals surface area contributed by atoms with Gasteiger partial charge in [-0.05, 0) is 37.6 Å².